The van der Waals surface area contributed by atoms with Crippen molar-refractivity contribution in [3.8, 4) is 11.3 Å². The highest BCUT2D eigenvalue weighted by Crippen LogP contribution is 2.26. The third-order valence-electron chi connectivity index (χ3n) is 4.60. The van der Waals surface area contributed by atoms with Crippen LogP contribution < -0.4 is 4.90 Å². The Hall–Kier alpha value is -3.32. The number of rotatable bonds is 5. The summed E-state index contributed by atoms with van der Waals surface area (Å²) in [5, 5.41) is 6.28. The third-order valence-corrected chi connectivity index (χ3v) is 5.47. The number of hydrogen-bond donors (Lipinski definition) is 0. The van der Waals surface area contributed by atoms with Gasteiger partial charge in [0.1, 0.15) is 0 Å². The van der Waals surface area contributed by atoms with Gasteiger partial charge in [0.25, 0.3) is 0 Å². The number of carbonyl (C=O) groups is 2. The zero-order valence-corrected chi connectivity index (χ0v) is 16.3. The first kappa shape index (κ1) is 18.1. The monoisotopic (exact) mass is 390 g/mol. The molecule has 0 aliphatic rings. The van der Waals surface area contributed by atoms with Crippen molar-refractivity contribution in [3.05, 3.63) is 70.7 Å². The van der Waals surface area contributed by atoms with Gasteiger partial charge in [-0.05, 0) is 29.6 Å². The lowest BCUT2D eigenvalue weighted by Gasteiger charge is -2.17. The average Bonchev–Trinajstić information content (AvgIpc) is 3.42. The van der Waals surface area contributed by atoms with Gasteiger partial charge in [0.2, 0.25) is 11.7 Å². The molecule has 0 N–H and O–H groups in total. The fourth-order valence-electron chi connectivity index (χ4n) is 3.07. The normalized spacial score (nSPS) is 10.9. The highest BCUT2D eigenvalue weighted by atomic mass is 32.1. The van der Waals surface area contributed by atoms with E-state index in [1.165, 1.54) is 11.3 Å². The van der Waals surface area contributed by atoms with Crippen molar-refractivity contribution in [1.29, 1.82) is 0 Å². The predicted octanol–water partition coefficient (Wildman–Crippen LogP) is 4.06. The molecule has 0 saturated heterocycles. The van der Waals surface area contributed by atoms with E-state index in [0.29, 0.717) is 22.5 Å². The molecule has 0 saturated carbocycles. The van der Waals surface area contributed by atoms with Gasteiger partial charge in [-0.25, -0.2) is 9.50 Å². The van der Waals surface area contributed by atoms with E-state index in [-0.39, 0.29) is 11.7 Å². The fourth-order valence-corrected chi connectivity index (χ4v) is 3.74. The van der Waals surface area contributed by atoms with Crippen molar-refractivity contribution >= 4 is 34.4 Å². The van der Waals surface area contributed by atoms with Crippen molar-refractivity contribution in [3.63, 3.8) is 0 Å². The quantitative estimate of drug-likeness (QED) is 0.482. The topological polar surface area (TPSA) is 67.6 Å². The number of benzene rings is 1. The summed E-state index contributed by atoms with van der Waals surface area (Å²) in [6.07, 6.45) is 3.67. The van der Waals surface area contributed by atoms with Gasteiger partial charge < -0.3 is 4.90 Å². The SMILES string of the molecule is CCC(=O)N(C)c1cccc(-c2ccnc3c(C(=O)c4cccs4)cnn23)c1. The molecule has 0 radical (unpaired) electrons. The standard InChI is InChI=1S/C21H18N4O2S/c1-3-19(26)24(2)15-7-4-6-14(12-15)17-9-10-22-21-16(13-23-25(17)21)20(27)18-8-5-11-28-18/h4-13H,3H2,1-2H3. The van der Waals surface area contributed by atoms with Gasteiger partial charge in [-0.3, -0.25) is 9.59 Å². The number of thiophene rings is 1. The van der Waals surface area contributed by atoms with Crippen molar-refractivity contribution in [2.45, 2.75) is 13.3 Å². The van der Waals surface area contributed by atoms with E-state index in [9.17, 15) is 9.59 Å². The van der Waals surface area contributed by atoms with Gasteiger partial charge in [-0.15, -0.1) is 11.3 Å². The average molecular weight is 390 g/mol. The van der Waals surface area contributed by atoms with Crippen LogP contribution in [0.3, 0.4) is 0 Å². The van der Waals surface area contributed by atoms with Gasteiger partial charge in [0.15, 0.2) is 5.65 Å². The van der Waals surface area contributed by atoms with E-state index in [1.54, 1.807) is 34.9 Å². The Bertz CT molecular complexity index is 1160. The van der Waals surface area contributed by atoms with Gasteiger partial charge in [-0.1, -0.05) is 25.1 Å². The molecule has 140 valence electrons. The molecule has 0 bridgehead atoms. The van der Waals surface area contributed by atoms with E-state index in [2.05, 4.69) is 10.1 Å². The number of amides is 1. The minimum Gasteiger partial charge on any atom is -0.315 e. The molecule has 28 heavy (non-hydrogen) atoms. The van der Waals surface area contributed by atoms with E-state index < -0.39 is 0 Å². The molecule has 3 aromatic heterocycles. The summed E-state index contributed by atoms with van der Waals surface area (Å²) in [5.74, 6) is -0.0448. The second-order valence-corrected chi connectivity index (χ2v) is 7.23. The zero-order valence-electron chi connectivity index (χ0n) is 15.5. The first-order chi connectivity index (χ1) is 13.6. The van der Waals surface area contributed by atoms with E-state index in [4.69, 9.17) is 0 Å². The maximum atomic E-state index is 12.8. The zero-order chi connectivity index (χ0) is 19.7. The molecule has 0 aliphatic heterocycles. The smallest absolute Gasteiger partial charge is 0.226 e. The lowest BCUT2D eigenvalue weighted by atomic mass is 10.1. The van der Waals surface area contributed by atoms with Crippen LogP contribution in [0.4, 0.5) is 5.69 Å². The number of ketones is 1. The molecule has 0 unspecified atom stereocenters. The molecule has 0 atom stereocenters. The Labute approximate surface area is 166 Å². The lowest BCUT2D eigenvalue weighted by Crippen LogP contribution is -2.24. The summed E-state index contributed by atoms with van der Waals surface area (Å²) in [7, 11) is 1.76. The highest BCUT2D eigenvalue weighted by molar-refractivity contribution is 7.12. The fraction of sp³-hybridized carbons (Fsp3) is 0.143. The molecular weight excluding hydrogens is 372 g/mol. The molecule has 4 rings (SSSR count). The van der Waals surface area contributed by atoms with Gasteiger partial charge in [0.05, 0.1) is 22.3 Å². The van der Waals surface area contributed by atoms with Crippen LogP contribution in [-0.2, 0) is 4.79 Å². The predicted molar refractivity (Wildman–Crippen MR) is 110 cm³/mol. The molecular formula is C21H18N4O2S. The molecule has 0 spiro atoms. The third kappa shape index (κ3) is 3.10. The van der Waals surface area contributed by atoms with E-state index in [0.717, 1.165) is 16.9 Å². The molecule has 3 heterocycles. The first-order valence-electron chi connectivity index (χ1n) is 8.88. The number of hydrogen-bond acceptors (Lipinski definition) is 5. The number of nitrogens with zero attached hydrogens (tertiary/aromatic N) is 4. The Morgan fingerprint density at radius 1 is 1.18 bits per heavy atom. The molecule has 0 aliphatic carbocycles. The van der Waals surface area contributed by atoms with Crippen LogP contribution in [0.5, 0.6) is 0 Å². The van der Waals surface area contributed by atoms with Gasteiger partial charge in [-0.2, -0.15) is 5.10 Å². The molecule has 7 heteroatoms. The van der Waals surface area contributed by atoms with Crippen molar-refractivity contribution < 1.29 is 9.59 Å². The van der Waals surface area contributed by atoms with Crippen LogP contribution in [0, 0.1) is 0 Å². The number of fused-ring (bicyclic) bond motifs is 1. The minimum absolute atomic E-state index is 0.0416. The first-order valence-corrected chi connectivity index (χ1v) is 9.76. The summed E-state index contributed by atoms with van der Waals surface area (Å²) in [6.45, 7) is 1.84. The van der Waals surface area contributed by atoms with E-state index in [1.807, 2.05) is 48.7 Å². The second-order valence-electron chi connectivity index (χ2n) is 6.29. The van der Waals surface area contributed by atoms with Crippen molar-refractivity contribution in [2.75, 3.05) is 11.9 Å². The van der Waals surface area contributed by atoms with Gasteiger partial charge >= 0.3 is 0 Å². The number of carbonyl (C=O) groups excluding carboxylic acids is 2. The Morgan fingerprint density at radius 3 is 2.79 bits per heavy atom. The number of anilines is 1. The van der Waals surface area contributed by atoms with Crippen LogP contribution in [0.1, 0.15) is 28.6 Å². The van der Waals surface area contributed by atoms with Crippen LogP contribution >= 0.6 is 11.3 Å². The summed E-state index contributed by atoms with van der Waals surface area (Å²) < 4.78 is 1.67. The van der Waals surface area contributed by atoms with Gasteiger partial charge in [0, 0.05) is 30.9 Å². The van der Waals surface area contributed by atoms with Crippen molar-refractivity contribution in [1.82, 2.24) is 14.6 Å². The summed E-state index contributed by atoms with van der Waals surface area (Å²) in [6, 6.07) is 13.2. The molecule has 4 aromatic rings. The maximum absolute atomic E-state index is 12.8. The minimum atomic E-state index is -0.0864. The maximum Gasteiger partial charge on any atom is 0.226 e. The summed E-state index contributed by atoms with van der Waals surface area (Å²) in [4.78, 5) is 31.4. The van der Waals surface area contributed by atoms with Crippen LogP contribution in [-0.4, -0.2) is 33.3 Å². The van der Waals surface area contributed by atoms with Crippen LogP contribution in [0.15, 0.2) is 60.2 Å². The van der Waals surface area contributed by atoms with Crippen LogP contribution in [0.25, 0.3) is 16.9 Å². The molecule has 0 fully saturated rings. The number of aromatic nitrogens is 3. The van der Waals surface area contributed by atoms with E-state index >= 15 is 0 Å². The van der Waals surface area contributed by atoms with Crippen LogP contribution in [0.2, 0.25) is 0 Å². The molecule has 1 amide bonds. The Kier molecular flexibility index (Phi) is 4.75. The second kappa shape index (κ2) is 7.36. The van der Waals surface area contributed by atoms with Crippen molar-refractivity contribution in [2.24, 2.45) is 0 Å². The lowest BCUT2D eigenvalue weighted by molar-refractivity contribution is -0.118. The Balaban J connectivity index is 1.79. The summed E-state index contributed by atoms with van der Waals surface area (Å²) >= 11 is 1.40. The largest absolute Gasteiger partial charge is 0.315 e. The summed E-state index contributed by atoms with van der Waals surface area (Å²) in [5.41, 5.74) is 3.47. The highest BCUT2D eigenvalue weighted by Gasteiger charge is 2.19. The molecule has 1 aromatic carbocycles. The molecule has 6 nitrogen and oxygen atoms in total. The Morgan fingerprint density at radius 2 is 2.04 bits per heavy atom.